The Morgan fingerprint density at radius 1 is 1.71 bits per heavy atom. The fourth-order valence-electron chi connectivity index (χ4n) is 1.12. The fraction of sp³-hybridized carbons (Fsp3) is 0.300. The van der Waals surface area contributed by atoms with Crippen LogP contribution in [0.2, 0.25) is 0 Å². The number of aromatic hydroxyl groups is 1. The third-order valence-electron chi connectivity index (χ3n) is 1.83. The summed E-state index contributed by atoms with van der Waals surface area (Å²) < 4.78 is 29.4. The van der Waals surface area contributed by atoms with Gasteiger partial charge in [0, 0.05) is 6.07 Å². The van der Waals surface area contributed by atoms with Crippen molar-refractivity contribution >= 4 is 5.97 Å². The van der Waals surface area contributed by atoms with E-state index in [0.717, 1.165) is 6.07 Å². The van der Waals surface area contributed by atoms with Crippen LogP contribution in [0.3, 0.4) is 0 Å². The first-order valence-corrected chi connectivity index (χ1v) is 4.60. The average Bonchev–Trinajstić information content (AvgIpc) is 2.28. The van der Waals surface area contributed by atoms with Crippen molar-refractivity contribution in [3.8, 4) is 11.8 Å². The smallest absolute Gasteiger partial charge is 0.358 e. The van der Waals surface area contributed by atoms with Crippen molar-refractivity contribution in [3.05, 3.63) is 23.0 Å². The molecule has 90 valence electrons. The molecule has 0 saturated carbocycles. The SMILES string of the molecule is CCOC(=O)c1nc(C(F)F)c(O)cc1C#N. The first kappa shape index (κ1) is 12.8. The second-order valence-corrected chi connectivity index (χ2v) is 2.92. The summed E-state index contributed by atoms with van der Waals surface area (Å²) in [6, 6.07) is 2.34. The molecule has 0 spiro atoms. The van der Waals surface area contributed by atoms with Gasteiger partial charge >= 0.3 is 5.97 Å². The van der Waals surface area contributed by atoms with Gasteiger partial charge in [0.15, 0.2) is 5.69 Å². The summed E-state index contributed by atoms with van der Waals surface area (Å²) in [5.41, 5.74) is -1.79. The zero-order valence-electron chi connectivity index (χ0n) is 8.78. The van der Waals surface area contributed by atoms with Crippen LogP contribution in [0, 0.1) is 11.3 Å². The highest BCUT2D eigenvalue weighted by Gasteiger charge is 2.22. The van der Waals surface area contributed by atoms with Gasteiger partial charge in [0.25, 0.3) is 6.43 Å². The van der Waals surface area contributed by atoms with Gasteiger partial charge < -0.3 is 9.84 Å². The standard InChI is InChI=1S/C10H8F2N2O3/c1-2-17-10(16)7-5(4-13)3-6(15)8(14-7)9(11)12/h3,9,15H,2H2,1H3. The number of nitrogens with zero attached hydrogens (tertiary/aromatic N) is 2. The molecule has 1 rings (SSSR count). The number of carbonyl (C=O) groups excluding carboxylic acids is 1. The number of ether oxygens (including phenoxy) is 1. The molecule has 1 N–H and O–H groups in total. The number of hydrogen-bond donors (Lipinski definition) is 1. The highest BCUT2D eigenvalue weighted by Crippen LogP contribution is 2.28. The van der Waals surface area contributed by atoms with Crippen LogP contribution in [0.15, 0.2) is 6.07 Å². The Labute approximate surface area is 95.3 Å². The zero-order chi connectivity index (χ0) is 13.0. The summed E-state index contributed by atoms with van der Waals surface area (Å²) in [6.45, 7) is 1.55. The Balaban J connectivity index is 3.32. The maximum Gasteiger partial charge on any atom is 0.358 e. The highest BCUT2D eigenvalue weighted by atomic mass is 19.3. The van der Waals surface area contributed by atoms with E-state index in [1.807, 2.05) is 0 Å². The van der Waals surface area contributed by atoms with Crippen LogP contribution in [0.1, 0.15) is 35.1 Å². The molecule has 0 atom stereocenters. The largest absolute Gasteiger partial charge is 0.506 e. The van der Waals surface area contributed by atoms with Crippen LogP contribution in [-0.4, -0.2) is 22.7 Å². The molecule has 1 aromatic heterocycles. The maximum absolute atomic E-state index is 12.4. The van der Waals surface area contributed by atoms with Crippen molar-refractivity contribution in [3.63, 3.8) is 0 Å². The summed E-state index contributed by atoms with van der Waals surface area (Å²) in [6.07, 6.45) is -3.05. The molecule has 0 unspecified atom stereocenters. The van der Waals surface area contributed by atoms with Gasteiger partial charge in [-0.05, 0) is 6.92 Å². The van der Waals surface area contributed by atoms with Gasteiger partial charge in [-0.1, -0.05) is 0 Å². The molecule has 0 aromatic carbocycles. The van der Waals surface area contributed by atoms with E-state index in [1.165, 1.54) is 6.92 Å². The predicted octanol–water partition coefficient (Wildman–Crippen LogP) is 1.77. The van der Waals surface area contributed by atoms with E-state index >= 15 is 0 Å². The summed E-state index contributed by atoms with van der Waals surface area (Å²) in [5.74, 6) is -1.81. The van der Waals surface area contributed by atoms with Crippen LogP contribution >= 0.6 is 0 Å². The summed E-state index contributed by atoms with van der Waals surface area (Å²) in [4.78, 5) is 14.6. The molecule has 1 heterocycles. The molecule has 0 aliphatic heterocycles. The molecule has 0 saturated heterocycles. The Bertz CT molecular complexity index is 483. The van der Waals surface area contributed by atoms with E-state index in [4.69, 9.17) is 5.26 Å². The third-order valence-corrected chi connectivity index (χ3v) is 1.83. The van der Waals surface area contributed by atoms with Gasteiger partial charge in [-0.15, -0.1) is 0 Å². The molecule has 0 fully saturated rings. The third kappa shape index (κ3) is 2.66. The lowest BCUT2D eigenvalue weighted by Crippen LogP contribution is -2.11. The number of nitriles is 1. The second kappa shape index (κ2) is 5.21. The van der Waals surface area contributed by atoms with Crippen molar-refractivity contribution < 1.29 is 23.4 Å². The van der Waals surface area contributed by atoms with E-state index in [2.05, 4.69) is 9.72 Å². The number of esters is 1. The lowest BCUT2D eigenvalue weighted by molar-refractivity contribution is 0.0517. The molecule has 0 amide bonds. The van der Waals surface area contributed by atoms with Crippen molar-refractivity contribution in [2.24, 2.45) is 0 Å². The van der Waals surface area contributed by atoms with Crippen LogP contribution in [0.25, 0.3) is 0 Å². The van der Waals surface area contributed by atoms with Crippen LogP contribution in [-0.2, 0) is 4.74 Å². The number of pyridine rings is 1. The monoisotopic (exact) mass is 242 g/mol. The molecule has 0 bridgehead atoms. The fourth-order valence-corrected chi connectivity index (χ4v) is 1.12. The normalized spacial score (nSPS) is 10.1. The van der Waals surface area contributed by atoms with Crippen molar-refractivity contribution in [2.75, 3.05) is 6.61 Å². The number of rotatable bonds is 3. The Morgan fingerprint density at radius 2 is 2.35 bits per heavy atom. The van der Waals surface area contributed by atoms with E-state index in [9.17, 15) is 18.7 Å². The highest BCUT2D eigenvalue weighted by molar-refractivity contribution is 5.90. The minimum Gasteiger partial charge on any atom is -0.506 e. The number of hydrogen-bond acceptors (Lipinski definition) is 5. The van der Waals surface area contributed by atoms with Gasteiger partial charge in [-0.3, -0.25) is 0 Å². The average molecular weight is 242 g/mol. The molecular formula is C10H8F2N2O3. The second-order valence-electron chi connectivity index (χ2n) is 2.92. The van der Waals surface area contributed by atoms with Gasteiger partial charge in [-0.25, -0.2) is 18.6 Å². The molecule has 7 heteroatoms. The van der Waals surface area contributed by atoms with Crippen LogP contribution in [0.5, 0.6) is 5.75 Å². The molecule has 0 aliphatic rings. The Hall–Kier alpha value is -2.23. The van der Waals surface area contributed by atoms with E-state index in [-0.39, 0.29) is 12.2 Å². The Kier molecular flexibility index (Phi) is 3.93. The number of halogens is 2. The van der Waals surface area contributed by atoms with Gasteiger partial charge in [0.1, 0.15) is 17.5 Å². The van der Waals surface area contributed by atoms with E-state index < -0.39 is 29.5 Å². The number of carbonyl (C=O) groups is 1. The van der Waals surface area contributed by atoms with Crippen molar-refractivity contribution in [2.45, 2.75) is 13.3 Å². The molecule has 0 radical (unpaired) electrons. The minimum atomic E-state index is -3.05. The van der Waals surface area contributed by atoms with Crippen molar-refractivity contribution in [1.29, 1.82) is 5.26 Å². The zero-order valence-corrected chi connectivity index (χ0v) is 8.78. The van der Waals surface area contributed by atoms with Crippen LogP contribution < -0.4 is 0 Å². The van der Waals surface area contributed by atoms with Gasteiger partial charge in [0.05, 0.1) is 12.2 Å². The molecule has 17 heavy (non-hydrogen) atoms. The summed E-state index contributed by atoms with van der Waals surface area (Å²) in [7, 11) is 0. The summed E-state index contributed by atoms with van der Waals surface area (Å²) in [5, 5.41) is 17.9. The number of alkyl halides is 2. The van der Waals surface area contributed by atoms with Gasteiger partial charge in [0.2, 0.25) is 0 Å². The van der Waals surface area contributed by atoms with Crippen LogP contribution in [0.4, 0.5) is 8.78 Å². The molecule has 1 aromatic rings. The first-order chi connectivity index (χ1) is 8.01. The lowest BCUT2D eigenvalue weighted by Gasteiger charge is -2.07. The number of aromatic nitrogens is 1. The molecular weight excluding hydrogens is 234 g/mol. The first-order valence-electron chi connectivity index (χ1n) is 4.60. The van der Waals surface area contributed by atoms with E-state index in [0.29, 0.717) is 0 Å². The van der Waals surface area contributed by atoms with Crippen molar-refractivity contribution in [1.82, 2.24) is 4.98 Å². The minimum absolute atomic E-state index is 0.0241. The summed E-state index contributed by atoms with van der Waals surface area (Å²) >= 11 is 0. The molecule has 5 nitrogen and oxygen atoms in total. The Morgan fingerprint density at radius 3 is 2.82 bits per heavy atom. The quantitative estimate of drug-likeness (QED) is 0.816. The molecule has 0 aliphatic carbocycles. The topological polar surface area (TPSA) is 83.2 Å². The van der Waals surface area contributed by atoms with E-state index in [1.54, 1.807) is 6.07 Å². The predicted molar refractivity (Wildman–Crippen MR) is 51.5 cm³/mol. The van der Waals surface area contributed by atoms with Gasteiger partial charge in [-0.2, -0.15) is 5.26 Å². The maximum atomic E-state index is 12.4. The lowest BCUT2D eigenvalue weighted by atomic mass is 10.1.